The number of hydrogen-bond acceptors (Lipinski definition) is 4. The fraction of sp³-hybridized carbons (Fsp3) is 0.176. The molecule has 22 heavy (non-hydrogen) atoms. The van der Waals surface area contributed by atoms with Crippen LogP contribution in [0.5, 0.6) is 5.75 Å². The zero-order valence-electron chi connectivity index (χ0n) is 12.5. The van der Waals surface area contributed by atoms with Crippen molar-refractivity contribution in [2.45, 2.75) is 17.1 Å². The van der Waals surface area contributed by atoms with Gasteiger partial charge in [-0.05, 0) is 36.8 Å². The molecule has 4 nitrogen and oxygen atoms in total. The smallest absolute Gasteiger partial charge is 0.253 e. The van der Waals surface area contributed by atoms with E-state index in [1.54, 1.807) is 13.3 Å². The van der Waals surface area contributed by atoms with Crippen molar-refractivity contribution in [3.63, 3.8) is 0 Å². The van der Waals surface area contributed by atoms with Gasteiger partial charge in [0.25, 0.3) is 5.91 Å². The van der Waals surface area contributed by atoms with Gasteiger partial charge in [-0.2, -0.15) is 5.10 Å². The highest BCUT2D eigenvalue weighted by molar-refractivity contribution is 8.00. The SMILES string of the molecule is COc1cccc(/C=N\NC(=O)[C@H](C)Sc2ccccc2)c1. The number of nitrogens with one attached hydrogen (secondary N) is 1. The van der Waals surface area contributed by atoms with E-state index >= 15 is 0 Å². The predicted molar refractivity (Wildman–Crippen MR) is 90.5 cm³/mol. The van der Waals surface area contributed by atoms with Gasteiger partial charge in [0.2, 0.25) is 0 Å². The molecule has 0 aliphatic heterocycles. The number of methoxy groups -OCH3 is 1. The molecule has 0 saturated carbocycles. The molecular weight excluding hydrogens is 296 g/mol. The van der Waals surface area contributed by atoms with E-state index in [9.17, 15) is 4.79 Å². The van der Waals surface area contributed by atoms with Gasteiger partial charge >= 0.3 is 0 Å². The van der Waals surface area contributed by atoms with E-state index in [1.165, 1.54) is 11.8 Å². The van der Waals surface area contributed by atoms with Crippen molar-refractivity contribution in [2.24, 2.45) is 5.10 Å². The number of ether oxygens (including phenoxy) is 1. The molecule has 0 heterocycles. The summed E-state index contributed by atoms with van der Waals surface area (Å²) < 4.78 is 5.13. The van der Waals surface area contributed by atoms with Crippen LogP contribution in [0.3, 0.4) is 0 Å². The van der Waals surface area contributed by atoms with Gasteiger partial charge in [-0.25, -0.2) is 5.43 Å². The number of carbonyl (C=O) groups excluding carboxylic acids is 1. The molecule has 5 heteroatoms. The van der Waals surface area contributed by atoms with Gasteiger partial charge in [0.1, 0.15) is 5.75 Å². The van der Waals surface area contributed by atoms with E-state index in [-0.39, 0.29) is 11.2 Å². The lowest BCUT2D eigenvalue weighted by atomic mass is 10.2. The number of hydrogen-bond donors (Lipinski definition) is 1. The van der Waals surface area contributed by atoms with Crippen molar-refractivity contribution in [3.05, 3.63) is 60.2 Å². The molecule has 0 saturated heterocycles. The number of thioether (sulfide) groups is 1. The Bertz CT molecular complexity index is 644. The average Bonchev–Trinajstić information content (AvgIpc) is 2.56. The lowest BCUT2D eigenvalue weighted by molar-refractivity contribution is -0.120. The van der Waals surface area contributed by atoms with Crippen molar-refractivity contribution in [2.75, 3.05) is 7.11 Å². The summed E-state index contributed by atoms with van der Waals surface area (Å²) in [5, 5.41) is 3.77. The van der Waals surface area contributed by atoms with E-state index in [0.29, 0.717) is 0 Å². The molecular formula is C17H18N2O2S. The van der Waals surface area contributed by atoms with Crippen LogP contribution in [0.25, 0.3) is 0 Å². The summed E-state index contributed by atoms with van der Waals surface area (Å²) in [5.41, 5.74) is 3.42. The summed E-state index contributed by atoms with van der Waals surface area (Å²) in [7, 11) is 1.61. The van der Waals surface area contributed by atoms with Crippen LogP contribution in [0.2, 0.25) is 0 Å². The molecule has 2 aromatic rings. The summed E-state index contributed by atoms with van der Waals surface area (Å²) in [5.74, 6) is 0.622. The Morgan fingerprint density at radius 1 is 1.23 bits per heavy atom. The minimum Gasteiger partial charge on any atom is -0.497 e. The van der Waals surface area contributed by atoms with Crippen LogP contribution in [0.1, 0.15) is 12.5 Å². The quantitative estimate of drug-likeness (QED) is 0.505. The van der Waals surface area contributed by atoms with Gasteiger partial charge in [-0.1, -0.05) is 30.3 Å². The van der Waals surface area contributed by atoms with Gasteiger partial charge in [0.05, 0.1) is 18.6 Å². The standard InChI is InChI=1S/C17H18N2O2S/c1-13(22-16-9-4-3-5-10-16)17(20)19-18-12-14-7-6-8-15(11-14)21-2/h3-13H,1-2H3,(H,19,20)/b18-12-/t13-/m0/s1. The van der Waals surface area contributed by atoms with Crippen LogP contribution in [0.15, 0.2) is 64.6 Å². The molecule has 0 aliphatic carbocycles. The third-order valence-corrected chi connectivity index (χ3v) is 4.02. The molecule has 0 aliphatic rings. The topological polar surface area (TPSA) is 50.7 Å². The van der Waals surface area contributed by atoms with Gasteiger partial charge in [-0.3, -0.25) is 4.79 Å². The Morgan fingerprint density at radius 2 is 2.00 bits per heavy atom. The number of benzene rings is 2. The van der Waals surface area contributed by atoms with Crippen LogP contribution in [-0.2, 0) is 4.79 Å². The number of nitrogens with zero attached hydrogens (tertiary/aromatic N) is 1. The predicted octanol–water partition coefficient (Wildman–Crippen LogP) is 3.33. The molecule has 1 amide bonds. The largest absolute Gasteiger partial charge is 0.497 e. The van der Waals surface area contributed by atoms with Crippen molar-refractivity contribution < 1.29 is 9.53 Å². The first kappa shape index (κ1) is 16.1. The molecule has 2 rings (SSSR count). The number of amides is 1. The molecule has 0 aromatic heterocycles. The van der Waals surface area contributed by atoms with E-state index in [1.807, 2.05) is 61.5 Å². The first-order chi connectivity index (χ1) is 10.7. The second-order valence-electron chi connectivity index (χ2n) is 4.58. The Morgan fingerprint density at radius 3 is 2.73 bits per heavy atom. The Balaban J connectivity index is 1.87. The minimum absolute atomic E-state index is 0.131. The minimum atomic E-state index is -0.218. The Labute approximate surface area is 134 Å². The highest BCUT2D eigenvalue weighted by atomic mass is 32.2. The Kier molecular flexibility index (Phi) is 6.03. The van der Waals surface area contributed by atoms with E-state index in [4.69, 9.17) is 4.74 Å². The van der Waals surface area contributed by atoms with Crippen molar-refractivity contribution in [1.29, 1.82) is 0 Å². The van der Waals surface area contributed by atoms with Crippen molar-refractivity contribution >= 4 is 23.9 Å². The van der Waals surface area contributed by atoms with Crippen molar-refractivity contribution in [3.8, 4) is 5.75 Å². The fourth-order valence-corrected chi connectivity index (χ4v) is 2.62. The molecule has 1 atom stereocenters. The molecule has 0 radical (unpaired) electrons. The lowest BCUT2D eigenvalue weighted by Crippen LogP contribution is -2.26. The summed E-state index contributed by atoms with van der Waals surface area (Å²) in [4.78, 5) is 13.0. The maximum absolute atomic E-state index is 12.0. The van der Waals surface area contributed by atoms with E-state index < -0.39 is 0 Å². The summed E-state index contributed by atoms with van der Waals surface area (Å²) in [6.07, 6.45) is 1.60. The average molecular weight is 314 g/mol. The maximum atomic E-state index is 12.0. The highest BCUT2D eigenvalue weighted by Crippen LogP contribution is 2.22. The van der Waals surface area contributed by atoms with Crippen molar-refractivity contribution in [1.82, 2.24) is 5.43 Å². The first-order valence-electron chi connectivity index (χ1n) is 6.87. The monoisotopic (exact) mass is 314 g/mol. The summed E-state index contributed by atoms with van der Waals surface area (Å²) >= 11 is 1.50. The van der Waals surface area contributed by atoms with Crippen LogP contribution in [0, 0.1) is 0 Å². The molecule has 0 unspecified atom stereocenters. The first-order valence-corrected chi connectivity index (χ1v) is 7.75. The van der Waals surface area contributed by atoms with Gasteiger partial charge < -0.3 is 4.74 Å². The third-order valence-electron chi connectivity index (χ3n) is 2.91. The number of hydrazone groups is 1. The number of carbonyl (C=O) groups is 1. The molecule has 0 spiro atoms. The second kappa shape index (κ2) is 8.24. The van der Waals surface area contributed by atoms with Gasteiger partial charge in [-0.15, -0.1) is 11.8 Å². The van der Waals surface area contributed by atoms with E-state index in [2.05, 4.69) is 10.5 Å². The lowest BCUT2D eigenvalue weighted by Gasteiger charge is -2.09. The third kappa shape index (κ3) is 4.93. The van der Waals surface area contributed by atoms with Crippen LogP contribution >= 0.6 is 11.8 Å². The Hall–Kier alpha value is -2.27. The van der Waals surface area contributed by atoms with Gasteiger partial charge in [0.15, 0.2) is 0 Å². The summed E-state index contributed by atoms with van der Waals surface area (Å²) in [6, 6.07) is 17.3. The molecule has 114 valence electrons. The van der Waals surface area contributed by atoms with E-state index in [0.717, 1.165) is 16.2 Å². The molecule has 0 fully saturated rings. The van der Waals surface area contributed by atoms with Crippen LogP contribution < -0.4 is 10.2 Å². The molecule has 1 N–H and O–H groups in total. The summed E-state index contributed by atoms with van der Waals surface area (Å²) in [6.45, 7) is 1.86. The fourth-order valence-electron chi connectivity index (χ4n) is 1.74. The zero-order chi connectivity index (χ0) is 15.8. The number of rotatable bonds is 6. The second-order valence-corrected chi connectivity index (χ2v) is 6.00. The van der Waals surface area contributed by atoms with Gasteiger partial charge in [0, 0.05) is 4.90 Å². The normalized spacial score (nSPS) is 12.1. The highest BCUT2D eigenvalue weighted by Gasteiger charge is 2.13. The van der Waals surface area contributed by atoms with Crippen LogP contribution in [-0.4, -0.2) is 24.5 Å². The maximum Gasteiger partial charge on any atom is 0.253 e. The molecule has 2 aromatic carbocycles. The molecule has 0 bridgehead atoms. The van der Waals surface area contributed by atoms with Crippen LogP contribution in [0.4, 0.5) is 0 Å². The zero-order valence-corrected chi connectivity index (χ0v) is 13.3.